The SMILES string of the molecule is CC(C)NC(=O)CC1CC2(CCN(C(=O)c3cccn3C)CC2)Oc2ccccc21. The molecule has 2 amide bonds. The number of amides is 2. The van der Waals surface area contributed by atoms with Gasteiger partial charge in [0.05, 0.1) is 0 Å². The van der Waals surface area contributed by atoms with E-state index in [1.165, 1.54) is 0 Å². The normalized spacial score (nSPS) is 20.0. The number of fused-ring (bicyclic) bond motifs is 1. The number of rotatable bonds is 4. The molecule has 1 saturated heterocycles. The van der Waals surface area contributed by atoms with Crippen molar-refractivity contribution in [2.24, 2.45) is 7.05 Å². The van der Waals surface area contributed by atoms with Gasteiger partial charge < -0.3 is 19.5 Å². The second-order valence-electron chi connectivity index (χ2n) is 8.95. The number of nitrogens with one attached hydrogen (secondary N) is 1. The lowest BCUT2D eigenvalue weighted by Crippen LogP contribution is -2.52. The minimum Gasteiger partial charge on any atom is -0.487 e. The smallest absolute Gasteiger partial charge is 0.270 e. The fraction of sp³-hybridized carbons (Fsp3) is 0.500. The number of likely N-dealkylation sites (tertiary alicyclic amines) is 1. The predicted octanol–water partition coefficient (Wildman–Crippen LogP) is 3.48. The van der Waals surface area contributed by atoms with E-state index in [2.05, 4.69) is 11.4 Å². The lowest BCUT2D eigenvalue weighted by Gasteiger charge is -2.47. The van der Waals surface area contributed by atoms with E-state index in [0.717, 1.165) is 30.6 Å². The molecule has 0 bridgehead atoms. The second-order valence-corrected chi connectivity index (χ2v) is 8.95. The van der Waals surface area contributed by atoms with Crippen molar-refractivity contribution in [3.8, 4) is 5.75 Å². The Labute approximate surface area is 178 Å². The standard InChI is InChI=1S/C24H31N3O3/c1-17(2)25-22(28)15-18-16-24(30-21-9-5-4-7-19(18)21)10-13-27(14-11-24)23(29)20-8-6-12-26(20)3/h4-9,12,17-18H,10-11,13-16H2,1-3H3,(H,25,28). The fourth-order valence-electron chi connectivity index (χ4n) is 4.80. The predicted molar refractivity (Wildman–Crippen MR) is 116 cm³/mol. The van der Waals surface area contributed by atoms with Crippen molar-refractivity contribution >= 4 is 11.8 Å². The first kappa shape index (κ1) is 20.5. The summed E-state index contributed by atoms with van der Waals surface area (Å²) in [6.07, 6.45) is 4.72. The highest BCUT2D eigenvalue weighted by atomic mass is 16.5. The van der Waals surface area contributed by atoms with Gasteiger partial charge in [0, 0.05) is 57.6 Å². The van der Waals surface area contributed by atoms with Crippen LogP contribution in [0.3, 0.4) is 0 Å². The molecule has 1 aromatic carbocycles. The van der Waals surface area contributed by atoms with E-state index in [-0.39, 0.29) is 29.4 Å². The quantitative estimate of drug-likeness (QED) is 0.841. The van der Waals surface area contributed by atoms with Crippen LogP contribution in [-0.2, 0) is 11.8 Å². The van der Waals surface area contributed by atoms with Crippen molar-refractivity contribution in [3.05, 3.63) is 53.9 Å². The van der Waals surface area contributed by atoms with Gasteiger partial charge in [0.15, 0.2) is 0 Å². The van der Waals surface area contributed by atoms with E-state index in [1.54, 1.807) is 0 Å². The zero-order valence-corrected chi connectivity index (χ0v) is 18.1. The Kier molecular flexibility index (Phi) is 5.58. The van der Waals surface area contributed by atoms with Crippen molar-refractivity contribution in [1.82, 2.24) is 14.8 Å². The third-order valence-electron chi connectivity index (χ3n) is 6.31. The number of para-hydroxylation sites is 1. The molecule has 160 valence electrons. The lowest BCUT2D eigenvalue weighted by atomic mass is 9.76. The molecule has 1 N–H and O–H groups in total. The number of benzene rings is 1. The summed E-state index contributed by atoms with van der Waals surface area (Å²) in [6, 6.07) is 12.0. The van der Waals surface area contributed by atoms with Gasteiger partial charge >= 0.3 is 0 Å². The zero-order valence-electron chi connectivity index (χ0n) is 18.1. The number of aromatic nitrogens is 1. The molecule has 4 rings (SSSR count). The minimum absolute atomic E-state index is 0.0708. The van der Waals surface area contributed by atoms with Crippen LogP contribution in [-0.4, -0.2) is 46.0 Å². The van der Waals surface area contributed by atoms with E-state index in [9.17, 15) is 9.59 Å². The van der Waals surface area contributed by atoms with Crippen molar-refractivity contribution < 1.29 is 14.3 Å². The number of hydrogen-bond donors (Lipinski definition) is 1. The molecule has 2 aliphatic rings. The van der Waals surface area contributed by atoms with E-state index >= 15 is 0 Å². The van der Waals surface area contributed by atoms with Crippen LogP contribution in [0.25, 0.3) is 0 Å². The summed E-state index contributed by atoms with van der Waals surface area (Å²) in [7, 11) is 1.90. The van der Waals surface area contributed by atoms with Crippen LogP contribution in [0.2, 0.25) is 0 Å². The Morgan fingerprint density at radius 1 is 1.17 bits per heavy atom. The summed E-state index contributed by atoms with van der Waals surface area (Å²) in [4.78, 5) is 27.3. The van der Waals surface area contributed by atoms with E-state index in [4.69, 9.17) is 4.74 Å². The molecule has 0 saturated carbocycles. The van der Waals surface area contributed by atoms with Gasteiger partial charge in [-0.15, -0.1) is 0 Å². The van der Waals surface area contributed by atoms with Gasteiger partial charge in [-0.3, -0.25) is 9.59 Å². The highest BCUT2D eigenvalue weighted by Crippen LogP contribution is 2.46. The molecule has 1 atom stereocenters. The monoisotopic (exact) mass is 409 g/mol. The number of nitrogens with zero attached hydrogens (tertiary/aromatic N) is 2. The van der Waals surface area contributed by atoms with Crippen LogP contribution < -0.4 is 10.1 Å². The van der Waals surface area contributed by atoms with E-state index in [1.807, 2.05) is 66.9 Å². The molecule has 1 unspecified atom stereocenters. The van der Waals surface area contributed by atoms with Crippen LogP contribution >= 0.6 is 0 Å². The van der Waals surface area contributed by atoms with Gasteiger partial charge in [-0.05, 0) is 44.0 Å². The third kappa shape index (κ3) is 4.09. The third-order valence-corrected chi connectivity index (χ3v) is 6.31. The second kappa shape index (κ2) is 8.17. The Hall–Kier alpha value is -2.76. The van der Waals surface area contributed by atoms with Crippen LogP contribution in [0.15, 0.2) is 42.6 Å². The molecular weight excluding hydrogens is 378 g/mol. The van der Waals surface area contributed by atoms with Crippen LogP contribution in [0, 0.1) is 0 Å². The highest BCUT2D eigenvalue weighted by molar-refractivity contribution is 5.92. The number of carbonyl (C=O) groups excluding carboxylic acids is 2. The van der Waals surface area contributed by atoms with Crippen LogP contribution in [0.4, 0.5) is 0 Å². The summed E-state index contributed by atoms with van der Waals surface area (Å²) < 4.78 is 8.39. The molecule has 2 aromatic rings. The van der Waals surface area contributed by atoms with Crippen molar-refractivity contribution in [1.29, 1.82) is 0 Å². The van der Waals surface area contributed by atoms with Crippen LogP contribution in [0.1, 0.15) is 61.5 Å². The molecule has 30 heavy (non-hydrogen) atoms. The molecule has 2 aliphatic heterocycles. The maximum absolute atomic E-state index is 12.9. The van der Waals surface area contributed by atoms with Gasteiger partial charge in [-0.2, -0.15) is 0 Å². The average Bonchev–Trinajstić information content (AvgIpc) is 3.13. The maximum atomic E-state index is 12.9. The summed E-state index contributed by atoms with van der Waals surface area (Å²) >= 11 is 0. The Morgan fingerprint density at radius 3 is 2.57 bits per heavy atom. The number of ether oxygens (including phenoxy) is 1. The number of aryl methyl sites for hydroxylation is 1. The van der Waals surface area contributed by atoms with Crippen molar-refractivity contribution in [2.45, 2.75) is 57.1 Å². The molecule has 6 heteroatoms. The summed E-state index contributed by atoms with van der Waals surface area (Å²) in [5.74, 6) is 1.16. The van der Waals surface area contributed by atoms with Crippen molar-refractivity contribution in [2.75, 3.05) is 13.1 Å². The summed E-state index contributed by atoms with van der Waals surface area (Å²) in [6.45, 7) is 5.29. The number of hydrogen-bond acceptors (Lipinski definition) is 3. The van der Waals surface area contributed by atoms with Crippen LogP contribution in [0.5, 0.6) is 5.75 Å². The Bertz CT molecular complexity index is 925. The molecule has 0 radical (unpaired) electrons. The first-order chi connectivity index (χ1) is 14.4. The molecule has 0 aliphatic carbocycles. The average molecular weight is 410 g/mol. The van der Waals surface area contributed by atoms with Gasteiger partial charge in [-0.1, -0.05) is 18.2 Å². The number of piperidine rings is 1. The first-order valence-corrected chi connectivity index (χ1v) is 10.8. The Morgan fingerprint density at radius 2 is 1.90 bits per heavy atom. The minimum atomic E-state index is -0.317. The molecule has 3 heterocycles. The topological polar surface area (TPSA) is 63.6 Å². The van der Waals surface area contributed by atoms with Gasteiger partial charge in [-0.25, -0.2) is 0 Å². The molecule has 1 spiro atoms. The van der Waals surface area contributed by atoms with Gasteiger partial charge in [0.2, 0.25) is 5.91 Å². The summed E-state index contributed by atoms with van der Waals surface area (Å²) in [5.41, 5.74) is 1.51. The fourth-order valence-corrected chi connectivity index (χ4v) is 4.80. The molecular formula is C24H31N3O3. The van der Waals surface area contributed by atoms with Crippen molar-refractivity contribution in [3.63, 3.8) is 0 Å². The van der Waals surface area contributed by atoms with Gasteiger partial charge in [0.25, 0.3) is 5.91 Å². The Balaban J connectivity index is 1.49. The maximum Gasteiger partial charge on any atom is 0.270 e. The lowest BCUT2D eigenvalue weighted by molar-refractivity contribution is -0.122. The molecule has 1 fully saturated rings. The van der Waals surface area contributed by atoms with E-state index in [0.29, 0.717) is 25.2 Å². The number of carbonyl (C=O) groups is 2. The summed E-state index contributed by atoms with van der Waals surface area (Å²) in [5, 5.41) is 3.02. The molecule has 1 aromatic heterocycles. The first-order valence-electron chi connectivity index (χ1n) is 10.8. The highest BCUT2D eigenvalue weighted by Gasteiger charge is 2.44. The largest absolute Gasteiger partial charge is 0.487 e. The zero-order chi connectivity index (χ0) is 21.3. The van der Waals surface area contributed by atoms with Gasteiger partial charge in [0.1, 0.15) is 17.0 Å². The molecule has 6 nitrogen and oxygen atoms in total. The van der Waals surface area contributed by atoms with E-state index < -0.39 is 0 Å².